The zero-order valence-electron chi connectivity index (χ0n) is 11.0. The second-order valence-electron chi connectivity index (χ2n) is 4.47. The van der Waals surface area contributed by atoms with E-state index in [1.807, 2.05) is 0 Å². The predicted molar refractivity (Wildman–Crippen MR) is 67.7 cm³/mol. The maximum Gasteiger partial charge on any atom is 0.416 e. The minimum atomic E-state index is -4.64. The van der Waals surface area contributed by atoms with E-state index >= 15 is 0 Å². The third-order valence-corrected chi connectivity index (χ3v) is 2.77. The normalized spacial score (nSPS) is 11.8. The fraction of sp³-hybridized carbons (Fsp3) is 0.500. The van der Waals surface area contributed by atoms with E-state index < -0.39 is 22.4 Å². The van der Waals surface area contributed by atoms with Gasteiger partial charge >= 0.3 is 6.18 Å². The number of nitro groups is 1. The molecule has 0 aliphatic rings. The van der Waals surface area contributed by atoms with Crippen molar-refractivity contribution in [2.75, 3.05) is 18.1 Å². The average Bonchev–Trinajstić information content (AvgIpc) is 2.33. The Morgan fingerprint density at radius 2 is 2.00 bits per heavy atom. The van der Waals surface area contributed by atoms with Gasteiger partial charge in [-0.25, -0.2) is 0 Å². The molecule has 0 saturated heterocycles. The first-order valence-electron chi connectivity index (χ1n) is 5.91. The van der Waals surface area contributed by atoms with Crippen LogP contribution in [0.2, 0.25) is 0 Å². The molecular weight excluding hydrogens is 277 g/mol. The van der Waals surface area contributed by atoms with Crippen molar-refractivity contribution >= 4 is 11.4 Å². The van der Waals surface area contributed by atoms with E-state index in [0.717, 1.165) is 12.1 Å². The molecule has 0 atom stereocenters. The van der Waals surface area contributed by atoms with E-state index in [0.29, 0.717) is 6.07 Å². The number of halogens is 3. The van der Waals surface area contributed by atoms with Gasteiger partial charge in [0.25, 0.3) is 5.69 Å². The number of alkyl halides is 3. The predicted octanol–water partition coefficient (Wildman–Crippen LogP) is 2.82. The van der Waals surface area contributed by atoms with Crippen molar-refractivity contribution < 1.29 is 23.2 Å². The maximum absolute atomic E-state index is 12.6. The van der Waals surface area contributed by atoms with E-state index in [1.165, 1.54) is 4.90 Å². The van der Waals surface area contributed by atoms with Crippen LogP contribution in [-0.2, 0) is 6.18 Å². The van der Waals surface area contributed by atoms with Crippen LogP contribution in [-0.4, -0.2) is 29.2 Å². The molecule has 1 aromatic carbocycles. The van der Waals surface area contributed by atoms with Crippen molar-refractivity contribution in [2.24, 2.45) is 0 Å². The maximum atomic E-state index is 12.6. The molecule has 1 rings (SSSR count). The molecule has 0 aromatic heterocycles. The molecule has 0 amide bonds. The SMILES string of the molecule is CC(C)N(CCO)c1ccc(C(F)(F)F)cc1[N+](=O)[O-]. The van der Waals surface area contributed by atoms with Crippen LogP contribution in [0.3, 0.4) is 0 Å². The lowest BCUT2D eigenvalue weighted by Crippen LogP contribution is -2.34. The van der Waals surface area contributed by atoms with Gasteiger partial charge < -0.3 is 10.0 Å². The van der Waals surface area contributed by atoms with Crippen molar-refractivity contribution in [1.82, 2.24) is 0 Å². The molecule has 20 heavy (non-hydrogen) atoms. The summed E-state index contributed by atoms with van der Waals surface area (Å²) in [6.07, 6.45) is -4.64. The van der Waals surface area contributed by atoms with Crippen LogP contribution in [0, 0.1) is 10.1 Å². The molecule has 112 valence electrons. The van der Waals surface area contributed by atoms with Crippen molar-refractivity contribution in [2.45, 2.75) is 26.1 Å². The summed E-state index contributed by atoms with van der Waals surface area (Å²) in [5, 5.41) is 19.9. The first-order chi connectivity index (χ1) is 9.18. The zero-order valence-corrected chi connectivity index (χ0v) is 11.0. The van der Waals surface area contributed by atoms with E-state index in [2.05, 4.69) is 0 Å². The summed E-state index contributed by atoms with van der Waals surface area (Å²) in [5.74, 6) is 0. The highest BCUT2D eigenvalue weighted by Crippen LogP contribution is 2.36. The molecule has 5 nitrogen and oxygen atoms in total. The summed E-state index contributed by atoms with van der Waals surface area (Å²) in [5.41, 5.74) is -1.63. The molecule has 0 unspecified atom stereocenters. The van der Waals surface area contributed by atoms with Crippen LogP contribution < -0.4 is 4.90 Å². The Balaban J connectivity index is 3.36. The minimum absolute atomic E-state index is 0.0621. The second-order valence-corrected chi connectivity index (χ2v) is 4.47. The molecule has 0 spiro atoms. The van der Waals surface area contributed by atoms with Gasteiger partial charge in [0.2, 0.25) is 0 Å². The second kappa shape index (κ2) is 6.08. The number of aliphatic hydroxyl groups excluding tert-OH is 1. The van der Waals surface area contributed by atoms with Crippen molar-refractivity contribution in [3.63, 3.8) is 0 Å². The smallest absolute Gasteiger partial charge is 0.395 e. The highest BCUT2D eigenvalue weighted by Gasteiger charge is 2.34. The molecule has 0 aliphatic carbocycles. The van der Waals surface area contributed by atoms with Crippen molar-refractivity contribution in [3.8, 4) is 0 Å². The van der Waals surface area contributed by atoms with E-state index in [-0.39, 0.29) is 24.9 Å². The number of hydrogen-bond donors (Lipinski definition) is 1. The summed E-state index contributed by atoms with van der Waals surface area (Å²) in [6, 6.07) is 2.19. The van der Waals surface area contributed by atoms with Crippen LogP contribution in [0.4, 0.5) is 24.5 Å². The number of anilines is 1. The molecular formula is C12H15F3N2O3. The first-order valence-corrected chi connectivity index (χ1v) is 5.91. The summed E-state index contributed by atoms with van der Waals surface area (Å²) in [6.45, 7) is 3.31. The number of nitrogens with zero attached hydrogens (tertiary/aromatic N) is 2. The van der Waals surface area contributed by atoms with E-state index in [4.69, 9.17) is 5.11 Å². The molecule has 0 saturated carbocycles. The topological polar surface area (TPSA) is 66.6 Å². The van der Waals surface area contributed by atoms with Crippen molar-refractivity contribution in [3.05, 3.63) is 33.9 Å². The Morgan fingerprint density at radius 3 is 2.40 bits per heavy atom. The number of benzene rings is 1. The Labute approximate surface area is 113 Å². The number of rotatable bonds is 5. The largest absolute Gasteiger partial charge is 0.416 e. The van der Waals surface area contributed by atoms with Crippen LogP contribution >= 0.6 is 0 Å². The van der Waals surface area contributed by atoms with E-state index in [9.17, 15) is 23.3 Å². The summed E-state index contributed by atoms with van der Waals surface area (Å²) < 4.78 is 37.8. The van der Waals surface area contributed by atoms with Gasteiger partial charge in [-0.2, -0.15) is 13.2 Å². The van der Waals surface area contributed by atoms with Crippen LogP contribution in [0.25, 0.3) is 0 Å². The summed E-state index contributed by atoms with van der Waals surface area (Å²) in [4.78, 5) is 11.6. The Hall–Kier alpha value is -1.83. The lowest BCUT2D eigenvalue weighted by molar-refractivity contribution is -0.384. The lowest BCUT2D eigenvalue weighted by Gasteiger charge is -2.28. The van der Waals surface area contributed by atoms with Gasteiger partial charge in [0.05, 0.1) is 17.1 Å². The van der Waals surface area contributed by atoms with Gasteiger partial charge in [-0.3, -0.25) is 10.1 Å². The van der Waals surface area contributed by atoms with Crippen LogP contribution in [0.5, 0.6) is 0 Å². The molecule has 0 fully saturated rings. The lowest BCUT2D eigenvalue weighted by atomic mass is 10.1. The Kier molecular flexibility index (Phi) is 4.93. The minimum Gasteiger partial charge on any atom is -0.395 e. The summed E-state index contributed by atoms with van der Waals surface area (Å²) >= 11 is 0. The number of nitro benzene ring substituents is 1. The highest BCUT2D eigenvalue weighted by atomic mass is 19.4. The quantitative estimate of drug-likeness (QED) is 0.669. The number of aliphatic hydroxyl groups is 1. The fourth-order valence-electron chi connectivity index (χ4n) is 1.85. The van der Waals surface area contributed by atoms with Gasteiger partial charge in [0.1, 0.15) is 5.69 Å². The molecule has 0 aliphatic heterocycles. The van der Waals surface area contributed by atoms with E-state index in [1.54, 1.807) is 13.8 Å². The average molecular weight is 292 g/mol. The summed E-state index contributed by atoms with van der Waals surface area (Å²) in [7, 11) is 0. The number of hydrogen-bond acceptors (Lipinski definition) is 4. The molecule has 8 heteroatoms. The third-order valence-electron chi connectivity index (χ3n) is 2.77. The first kappa shape index (κ1) is 16.2. The standard InChI is InChI=1S/C12H15F3N2O3/c1-8(2)16(5-6-18)10-4-3-9(12(13,14)15)7-11(10)17(19)20/h3-4,7-8,18H,5-6H2,1-2H3. The zero-order chi connectivity index (χ0) is 15.5. The molecule has 0 radical (unpaired) electrons. The highest BCUT2D eigenvalue weighted by molar-refractivity contribution is 5.65. The Bertz CT molecular complexity index is 489. The van der Waals surface area contributed by atoms with Gasteiger partial charge in [0.15, 0.2) is 0 Å². The monoisotopic (exact) mass is 292 g/mol. The van der Waals surface area contributed by atoms with Gasteiger partial charge in [-0.15, -0.1) is 0 Å². The Morgan fingerprint density at radius 1 is 1.40 bits per heavy atom. The van der Waals surface area contributed by atoms with Crippen molar-refractivity contribution in [1.29, 1.82) is 0 Å². The molecule has 0 bridgehead atoms. The van der Waals surface area contributed by atoms with Gasteiger partial charge in [0, 0.05) is 18.7 Å². The van der Waals surface area contributed by atoms with Gasteiger partial charge in [-0.1, -0.05) is 0 Å². The molecule has 1 aromatic rings. The molecule has 0 heterocycles. The van der Waals surface area contributed by atoms with Gasteiger partial charge in [-0.05, 0) is 26.0 Å². The van der Waals surface area contributed by atoms with Crippen LogP contribution in [0.1, 0.15) is 19.4 Å². The van der Waals surface area contributed by atoms with Crippen LogP contribution in [0.15, 0.2) is 18.2 Å². The molecule has 1 N–H and O–H groups in total. The third kappa shape index (κ3) is 3.60. The fourth-order valence-corrected chi connectivity index (χ4v) is 1.85.